The molecule has 74 valence electrons. The van der Waals surface area contributed by atoms with Gasteiger partial charge >= 0.3 is 0 Å². The van der Waals surface area contributed by atoms with Crippen LogP contribution in [0.1, 0.15) is 6.42 Å². The van der Waals surface area contributed by atoms with E-state index in [2.05, 4.69) is 4.99 Å². The Bertz CT molecular complexity index is 219. The summed E-state index contributed by atoms with van der Waals surface area (Å²) in [4.78, 5) is 4.26. The molecule has 0 aliphatic carbocycles. The highest BCUT2D eigenvalue weighted by molar-refractivity contribution is 6.03. The Morgan fingerprint density at radius 3 is 2.77 bits per heavy atom. The predicted octanol–water partition coefficient (Wildman–Crippen LogP) is 0.369. The topological polar surface area (TPSA) is 51.0 Å². The Labute approximate surface area is 77.9 Å². The number of hydrogen-bond acceptors (Lipinski definition) is 4. The van der Waals surface area contributed by atoms with E-state index in [1.807, 2.05) is 6.08 Å². The average molecular weight is 185 g/mol. The fraction of sp³-hybridized carbons (Fsp3) is 0.667. The van der Waals surface area contributed by atoms with Crippen molar-refractivity contribution in [3.63, 3.8) is 0 Å². The first-order valence-corrected chi connectivity index (χ1v) is 4.23. The lowest BCUT2D eigenvalue weighted by Gasteiger charge is -2.20. The number of dihydropyridines is 1. The van der Waals surface area contributed by atoms with Crippen LogP contribution in [0.5, 0.6) is 0 Å². The molecule has 0 aromatic carbocycles. The highest BCUT2D eigenvalue weighted by Crippen LogP contribution is 2.12. The maximum absolute atomic E-state index is 9.04. The number of aliphatic hydroxyl groups is 1. The summed E-state index contributed by atoms with van der Waals surface area (Å²) in [6, 6.07) is 0. The van der Waals surface area contributed by atoms with Gasteiger partial charge in [0.15, 0.2) is 6.29 Å². The van der Waals surface area contributed by atoms with E-state index in [0.29, 0.717) is 5.71 Å². The van der Waals surface area contributed by atoms with Gasteiger partial charge in [0.1, 0.15) is 0 Å². The molecule has 1 N–H and O–H groups in total. The minimum Gasteiger partial charge on any atom is -0.392 e. The number of aliphatic imine (C=N–C) groups is 1. The van der Waals surface area contributed by atoms with E-state index in [9.17, 15) is 0 Å². The Hall–Kier alpha value is -0.710. The van der Waals surface area contributed by atoms with Crippen LogP contribution < -0.4 is 0 Å². The molecule has 0 amide bonds. The van der Waals surface area contributed by atoms with Crippen LogP contribution in [0.25, 0.3) is 0 Å². The first kappa shape index (κ1) is 10.4. The Balaban J connectivity index is 2.75. The van der Waals surface area contributed by atoms with E-state index in [4.69, 9.17) is 14.6 Å². The van der Waals surface area contributed by atoms with Gasteiger partial charge in [0.25, 0.3) is 0 Å². The van der Waals surface area contributed by atoms with Crippen LogP contribution in [0.2, 0.25) is 0 Å². The number of aliphatic hydroxyl groups excluding tert-OH is 1. The van der Waals surface area contributed by atoms with Crippen molar-refractivity contribution in [2.75, 3.05) is 27.4 Å². The molecule has 13 heavy (non-hydrogen) atoms. The third-order valence-corrected chi connectivity index (χ3v) is 1.95. The van der Waals surface area contributed by atoms with Gasteiger partial charge in [0.05, 0.1) is 12.3 Å². The van der Waals surface area contributed by atoms with Gasteiger partial charge in [-0.25, -0.2) is 0 Å². The summed E-state index contributed by atoms with van der Waals surface area (Å²) in [5.41, 5.74) is 1.51. The monoisotopic (exact) mass is 185 g/mol. The average Bonchev–Trinajstić information content (AvgIpc) is 2.20. The van der Waals surface area contributed by atoms with Gasteiger partial charge in [-0.3, -0.25) is 4.99 Å². The highest BCUT2D eigenvalue weighted by Gasteiger charge is 2.19. The number of methoxy groups -OCH3 is 2. The summed E-state index contributed by atoms with van der Waals surface area (Å²) in [7, 11) is 3.11. The third-order valence-electron chi connectivity index (χ3n) is 1.95. The number of nitrogens with zero attached hydrogens (tertiary/aromatic N) is 1. The summed E-state index contributed by atoms with van der Waals surface area (Å²) in [6.45, 7) is 0.726. The van der Waals surface area contributed by atoms with Gasteiger partial charge in [0, 0.05) is 20.8 Å². The molecule has 4 nitrogen and oxygen atoms in total. The number of ether oxygens (including phenoxy) is 2. The van der Waals surface area contributed by atoms with Crippen molar-refractivity contribution in [3.8, 4) is 0 Å². The Morgan fingerprint density at radius 2 is 2.23 bits per heavy atom. The normalized spacial score (nSPS) is 17.2. The number of rotatable bonds is 4. The number of hydrogen-bond donors (Lipinski definition) is 1. The standard InChI is InChI=1S/C9H15NO3/c1-12-9(13-2)8-7(6-11)4-3-5-10-8/h4,9,11H,3,5-6H2,1-2H3. The van der Waals surface area contributed by atoms with Crippen LogP contribution in [0.15, 0.2) is 16.6 Å². The van der Waals surface area contributed by atoms with Crippen LogP contribution in [-0.2, 0) is 9.47 Å². The third kappa shape index (κ3) is 2.37. The lowest BCUT2D eigenvalue weighted by Crippen LogP contribution is -2.29. The Kier molecular flexibility index (Phi) is 4.08. The zero-order valence-electron chi connectivity index (χ0n) is 7.99. The molecular formula is C9H15NO3. The molecule has 0 atom stereocenters. The summed E-state index contributed by atoms with van der Waals surface area (Å²) in [5.74, 6) is 0. The molecule has 4 heteroatoms. The van der Waals surface area contributed by atoms with Crippen LogP contribution in [-0.4, -0.2) is 44.5 Å². The molecule has 1 heterocycles. The summed E-state index contributed by atoms with van der Waals surface area (Å²) < 4.78 is 10.1. The summed E-state index contributed by atoms with van der Waals surface area (Å²) in [6.07, 6.45) is 2.38. The lowest BCUT2D eigenvalue weighted by molar-refractivity contribution is -0.0521. The maximum Gasteiger partial charge on any atom is 0.200 e. The van der Waals surface area contributed by atoms with Crippen LogP contribution in [0, 0.1) is 0 Å². The largest absolute Gasteiger partial charge is 0.392 e. The molecule has 0 radical (unpaired) electrons. The maximum atomic E-state index is 9.04. The molecule has 0 aromatic rings. The SMILES string of the molecule is COC(OC)C1=NCCC=C1CO. The highest BCUT2D eigenvalue weighted by atomic mass is 16.7. The van der Waals surface area contributed by atoms with Crippen molar-refractivity contribution in [2.24, 2.45) is 4.99 Å². The first-order valence-electron chi connectivity index (χ1n) is 4.23. The zero-order chi connectivity index (χ0) is 9.68. The van der Waals surface area contributed by atoms with E-state index in [1.54, 1.807) is 14.2 Å². The zero-order valence-corrected chi connectivity index (χ0v) is 7.99. The first-order chi connectivity index (χ1) is 6.33. The van der Waals surface area contributed by atoms with Crippen molar-refractivity contribution in [1.82, 2.24) is 0 Å². The second-order valence-electron chi connectivity index (χ2n) is 2.75. The van der Waals surface area contributed by atoms with E-state index in [1.165, 1.54) is 0 Å². The minimum absolute atomic E-state index is 0.0119. The van der Waals surface area contributed by atoms with Crippen molar-refractivity contribution in [3.05, 3.63) is 11.6 Å². The molecule has 1 aliphatic rings. The van der Waals surface area contributed by atoms with Crippen LogP contribution >= 0.6 is 0 Å². The molecule has 0 unspecified atom stereocenters. The predicted molar refractivity (Wildman–Crippen MR) is 49.9 cm³/mol. The molecule has 1 rings (SSSR count). The molecule has 0 fully saturated rings. The molecule has 0 spiro atoms. The van der Waals surface area contributed by atoms with Gasteiger partial charge in [-0.2, -0.15) is 0 Å². The summed E-state index contributed by atoms with van der Waals surface area (Å²) >= 11 is 0. The van der Waals surface area contributed by atoms with E-state index >= 15 is 0 Å². The molecule has 0 bridgehead atoms. The fourth-order valence-corrected chi connectivity index (χ4v) is 1.32. The van der Waals surface area contributed by atoms with E-state index in [-0.39, 0.29) is 6.61 Å². The van der Waals surface area contributed by atoms with Crippen molar-refractivity contribution in [2.45, 2.75) is 12.7 Å². The molecular weight excluding hydrogens is 170 g/mol. The van der Waals surface area contributed by atoms with Gasteiger partial charge in [-0.05, 0) is 12.0 Å². The van der Waals surface area contributed by atoms with Gasteiger partial charge in [-0.1, -0.05) is 6.08 Å². The smallest absolute Gasteiger partial charge is 0.200 e. The lowest BCUT2D eigenvalue weighted by atomic mass is 10.1. The summed E-state index contributed by atoms with van der Waals surface area (Å²) in [5, 5.41) is 9.04. The second-order valence-corrected chi connectivity index (χ2v) is 2.75. The van der Waals surface area contributed by atoms with Gasteiger partial charge < -0.3 is 14.6 Å². The quantitative estimate of drug-likeness (QED) is 0.644. The van der Waals surface area contributed by atoms with Crippen LogP contribution in [0.3, 0.4) is 0 Å². The van der Waals surface area contributed by atoms with Crippen molar-refractivity contribution >= 4 is 5.71 Å². The molecule has 0 saturated heterocycles. The molecule has 0 aromatic heterocycles. The minimum atomic E-state index is -0.460. The van der Waals surface area contributed by atoms with Crippen LogP contribution in [0.4, 0.5) is 0 Å². The molecule has 1 aliphatic heterocycles. The Morgan fingerprint density at radius 1 is 1.54 bits per heavy atom. The van der Waals surface area contributed by atoms with Gasteiger partial charge in [-0.15, -0.1) is 0 Å². The van der Waals surface area contributed by atoms with E-state index in [0.717, 1.165) is 18.5 Å². The van der Waals surface area contributed by atoms with Crippen molar-refractivity contribution in [1.29, 1.82) is 0 Å². The van der Waals surface area contributed by atoms with E-state index < -0.39 is 6.29 Å². The fourth-order valence-electron chi connectivity index (χ4n) is 1.32. The van der Waals surface area contributed by atoms with Gasteiger partial charge in [0.2, 0.25) is 0 Å². The second kappa shape index (κ2) is 5.11. The van der Waals surface area contributed by atoms with Crippen molar-refractivity contribution < 1.29 is 14.6 Å². The molecule has 0 saturated carbocycles.